The van der Waals surface area contributed by atoms with Gasteiger partial charge in [0.2, 0.25) is 0 Å². The van der Waals surface area contributed by atoms with Crippen molar-refractivity contribution >= 4 is 29.0 Å². The lowest BCUT2D eigenvalue weighted by molar-refractivity contribution is 0.0858. The molecule has 2 aliphatic rings. The molecule has 0 aromatic heterocycles. The van der Waals surface area contributed by atoms with Gasteiger partial charge in [-0.2, -0.15) is 0 Å². The van der Waals surface area contributed by atoms with Gasteiger partial charge >= 0.3 is 6.03 Å². The Bertz CT molecular complexity index is 1270. The number of ether oxygens (including phenoxy) is 1. The molecule has 1 unspecified atom stereocenters. The summed E-state index contributed by atoms with van der Waals surface area (Å²) >= 11 is 0. The predicted octanol–water partition coefficient (Wildman–Crippen LogP) is 6.01. The highest BCUT2D eigenvalue weighted by Crippen LogP contribution is 2.30. The Morgan fingerprint density at radius 2 is 1.69 bits per heavy atom. The fraction of sp³-hybridized carbons (Fsp3) is 0.375. The van der Waals surface area contributed by atoms with Crippen LogP contribution in [0.1, 0.15) is 47.2 Å². The van der Waals surface area contributed by atoms with Gasteiger partial charge in [-0.25, -0.2) is 4.79 Å². The largest absolute Gasteiger partial charge is 0.376 e. The van der Waals surface area contributed by atoms with Gasteiger partial charge in [0.05, 0.1) is 11.7 Å². The third-order valence-electron chi connectivity index (χ3n) is 7.73. The van der Waals surface area contributed by atoms with Crippen LogP contribution in [0.15, 0.2) is 72.8 Å². The van der Waals surface area contributed by atoms with E-state index in [1.807, 2.05) is 43.3 Å². The number of hydrogen-bond acceptors (Lipinski definition) is 4. The summed E-state index contributed by atoms with van der Waals surface area (Å²) in [6.45, 7) is 4.97. The molecule has 0 radical (unpaired) electrons. The molecular weight excluding hydrogens is 488 g/mol. The zero-order chi connectivity index (χ0) is 27.0. The van der Waals surface area contributed by atoms with Gasteiger partial charge in [0.1, 0.15) is 0 Å². The Morgan fingerprint density at radius 1 is 0.923 bits per heavy atom. The van der Waals surface area contributed by atoms with Crippen LogP contribution in [0.5, 0.6) is 0 Å². The van der Waals surface area contributed by atoms with Crippen LogP contribution in [-0.2, 0) is 11.2 Å². The average Bonchev–Trinajstić information content (AvgIpc) is 3.48. The monoisotopic (exact) mass is 526 g/mol. The zero-order valence-electron chi connectivity index (χ0n) is 22.6. The Morgan fingerprint density at radius 3 is 2.44 bits per heavy atom. The number of piperidine rings is 1. The van der Waals surface area contributed by atoms with Gasteiger partial charge < -0.3 is 25.6 Å². The van der Waals surface area contributed by atoms with Crippen molar-refractivity contribution in [3.8, 4) is 0 Å². The Balaban J connectivity index is 1.28. The number of carbonyl (C=O) groups is 2. The SMILES string of the molecule is Cc1ccccc1NC(=O)Nc1ccc(N2CCC(Cc3ccccc3)CC2)c(C(=O)NCC2CCCO2)c1. The van der Waals surface area contributed by atoms with E-state index in [0.29, 0.717) is 23.7 Å². The van der Waals surface area contributed by atoms with Gasteiger partial charge in [-0.3, -0.25) is 4.79 Å². The van der Waals surface area contributed by atoms with Gasteiger partial charge in [-0.15, -0.1) is 0 Å². The summed E-state index contributed by atoms with van der Waals surface area (Å²) in [7, 11) is 0. The van der Waals surface area contributed by atoms with E-state index in [9.17, 15) is 9.59 Å². The van der Waals surface area contributed by atoms with Crippen molar-refractivity contribution in [3.05, 3.63) is 89.5 Å². The van der Waals surface area contributed by atoms with Crippen molar-refractivity contribution in [3.63, 3.8) is 0 Å². The zero-order valence-corrected chi connectivity index (χ0v) is 22.6. The number of carbonyl (C=O) groups excluding carboxylic acids is 2. The number of para-hydroxylation sites is 1. The van der Waals surface area contributed by atoms with Crippen molar-refractivity contribution in [2.45, 2.75) is 45.1 Å². The number of nitrogens with zero attached hydrogens (tertiary/aromatic N) is 1. The molecule has 3 amide bonds. The highest BCUT2D eigenvalue weighted by molar-refractivity contribution is 6.04. The molecule has 2 fully saturated rings. The molecule has 3 aromatic rings. The Kier molecular flexibility index (Phi) is 8.78. The number of nitrogens with one attached hydrogen (secondary N) is 3. The van der Waals surface area contributed by atoms with E-state index in [0.717, 1.165) is 68.7 Å². The maximum atomic E-state index is 13.4. The van der Waals surface area contributed by atoms with Crippen LogP contribution in [0.4, 0.5) is 21.9 Å². The minimum Gasteiger partial charge on any atom is -0.376 e. The molecule has 3 aromatic carbocycles. The van der Waals surface area contributed by atoms with Gasteiger partial charge in [-0.05, 0) is 80.3 Å². The number of hydrogen-bond donors (Lipinski definition) is 3. The van der Waals surface area contributed by atoms with E-state index in [-0.39, 0.29) is 18.0 Å². The molecular formula is C32H38N4O3. The van der Waals surface area contributed by atoms with Gasteiger partial charge in [0, 0.05) is 43.3 Å². The summed E-state index contributed by atoms with van der Waals surface area (Å²) in [5, 5.41) is 8.87. The van der Waals surface area contributed by atoms with E-state index < -0.39 is 0 Å². The lowest BCUT2D eigenvalue weighted by atomic mass is 9.89. The second-order valence-electron chi connectivity index (χ2n) is 10.6. The normalized spacial score (nSPS) is 17.6. The molecule has 2 aliphatic heterocycles. The van der Waals surface area contributed by atoms with Crippen molar-refractivity contribution in [2.24, 2.45) is 5.92 Å². The lowest BCUT2D eigenvalue weighted by Gasteiger charge is -2.35. The molecule has 7 nitrogen and oxygen atoms in total. The fourth-order valence-electron chi connectivity index (χ4n) is 5.50. The number of aryl methyl sites for hydroxylation is 1. The number of urea groups is 1. The van der Waals surface area contributed by atoms with Crippen molar-refractivity contribution in [1.29, 1.82) is 0 Å². The standard InChI is InChI=1S/C32H38N4O3/c1-23-8-5-6-12-29(23)35-32(38)34-26-13-14-30(28(21-26)31(37)33-22-27-11-7-19-39-27)36-17-15-25(16-18-36)20-24-9-3-2-4-10-24/h2-6,8-10,12-14,21,25,27H,7,11,15-20,22H2,1H3,(H,33,37)(H2,34,35,38). The van der Waals surface area contributed by atoms with Crippen LogP contribution < -0.4 is 20.9 Å². The first kappa shape index (κ1) is 26.8. The van der Waals surface area contributed by atoms with Crippen LogP contribution in [0.2, 0.25) is 0 Å². The lowest BCUT2D eigenvalue weighted by Crippen LogP contribution is -2.37. The quantitative estimate of drug-likeness (QED) is 0.336. The first-order valence-corrected chi connectivity index (χ1v) is 14.0. The first-order chi connectivity index (χ1) is 19.0. The third kappa shape index (κ3) is 7.18. The number of amides is 3. The molecule has 2 heterocycles. The molecule has 3 N–H and O–H groups in total. The molecule has 0 saturated carbocycles. The highest BCUT2D eigenvalue weighted by Gasteiger charge is 2.25. The summed E-state index contributed by atoms with van der Waals surface area (Å²) in [6.07, 6.45) is 5.28. The van der Waals surface area contributed by atoms with Crippen molar-refractivity contribution in [2.75, 3.05) is 41.8 Å². The predicted molar refractivity (Wildman–Crippen MR) is 157 cm³/mol. The molecule has 5 rings (SSSR count). The molecule has 1 atom stereocenters. The summed E-state index contributed by atoms with van der Waals surface area (Å²) in [5.41, 5.74) is 5.16. The molecule has 0 spiro atoms. The third-order valence-corrected chi connectivity index (χ3v) is 7.73. The van der Waals surface area contributed by atoms with Crippen LogP contribution in [0.3, 0.4) is 0 Å². The summed E-state index contributed by atoms with van der Waals surface area (Å²) in [5.74, 6) is 0.487. The topological polar surface area (TPSA) is 82.7 Å². The van der Waals surface area contributed by atoms with E-state index in [4.69, 9.17) is 4.74 Å². The van der Waals surface area contributed by atoms with Crippen LogP contribution >= 0.6 is 0 Å². The van der Waals surface area contributed by atoms with Gasteiger partial charge in [0.15, 0.2) is 0 Å². The maximum absolute atomic E-state index is 13.4. The van der Waals surface area contributed by atoms with Crippen LogP contribution in [-0.4, -0.2) is 44.3 Å². The second kappa shape index (κ2) is 12.8. The average molecular weight is 527 g/mol. The first-order valence-electron chi connectivity index (χ1n) is 14.0. The summed E-state index contributed by atoms with van der Waals surface area (Å²) in [4.78, 5) is 28.5. The van der Waals surface area contributed by atoms with E-state index >= 15 is 0 Å². The number of rotatable bonds is 8. The molecule has 204 valence electrons. The Hall–Kier alpha value is -3.84. The summed E-state index contributed by atoms with van der Waals surface area (Å²) < 4.78 is 5.70. The summed E-state index contributed by atoms with van der Waals surface area (Å²) in [6, 6.07) is 23.6. The minimum atomic E-state index is -0.343. The minimum absolute atomic E-state index is 0.0623. The molecule has 0 bridgehead atoms. The fourth-order valence-corrected chi connectivity index (χ4v) is 5.50. The smallest absolute Gasteiger partial charge is 0.323 e. The van der Waals surface area contributed by atoms with Crippen molar-refractivity contribution in [1.82, 2.24) is 5.32 Å². The molecule has 2 saturated heterocycles. The molecule has 0 aliphatic carbocycles. The molecule has 39 heavy (non-hydrogen) atoms. The van der Waals surface area contributed by atoms with E-state index in [2.05, 4.69) is 51.2 Å². The second-order valence-corrected chi connectivity index (χ2v) is 10.6. The van der Waals surface area contributed by atoms with Crippen molar-refractivity contribution < 1.29 is 14.3 Å². The van der Waals surface area contributed by atoms with Crippen LogP contribution in [0, 0.1) is 12.8 Å². The molecule has 7 heteroatoms. The number of benzene rings is 3. The van der Waals surface area contributed by atoms with Crippen LogP contribution in [0.25, 0.3) is 0 Å². The highest BCUT2D eigenvalue weighted by atomic mass is 16.5. The van der Waals surface area contributed by atoms with Gasteiger partial charge in [-0.1, -0.05) is 48.5 Å². The van der Waals surface area contributed by atoms with Gasteiger partial charge in [0.25, 0.3) is 5.91 Å². The Labute approximate surface area is 230 Å². The van der Waals surface area contributed by atoms with E-state index in [1.165, 1.54) is 5.56 Å². The van der Waals surface area contributed by atoms with E-state index in [1.54, 1.807) is 6.07 Å². The number of anilines is 3. The maximum Gasteiger partial charge on any atom is 0.323 e.